The summed E-state index contributed by atoms with van der Waals surface area (Å²) in [6.45, 7) is -0.160. The molecule has 0 aliphatic carbocycles. The summed E-state index contributed by atoms with van der Waals surface area (Å²) in [4.78, 5) is 5.74. The maximum Gasteiger partial charge on any atom is 0.422 e. The Morgan fingerprint density at radius 1 is 1.40 bits per heavy atom. The van der Waals surface area contributed by atoms with Crippen LogP contribution in [0.5, 0.6) is 11.6 Å². The van der Waals surface area contributed by atoms with Gasteiger partial charge in [0.2, 0.25) is 5.88 Å². The number of azide groups is 1. The summed E-state index contributed by atoms with van der Waals surface area (Å²) in [7, 11) is 0. The lowest BCUT2D eigenvalue weighted by atomic mass is 10.4. The van der Waals surface area contributed by atoms with E-state index >= 15 is 0 Å². The number of hydrogen-bond acceptors (Lipinski definition) is 4. The fourth-order valence-corrected chi connectivity index (χ4v) is 1.35. The Hall–Kier alpha value is -1.93. The van der Waals surface area contributed by atoms with Gasteiger partial charge in [-0.1, -0.05) is 11.6 Å². The van der Waals surface area contributed by atoms with E-state index in [-0.39, 0.29) is 6.61 Å². The average Bonchev–Trinajstić information content (AvgIpc) is 2.34. The number of ether oxygens (including phenoxy) is 2. The SMILES string of the molecule is CCOc1nc(N=[N+]=[N-])c(F)c(OCC(F)(F)F)c1Cl. The van der Waals surface area contributed by atoms with Gasteiger partial charge in [-0.25, -0.2) is 9.37 Å². The molecule has 0 radical (unpaired) electrons. The van der Waals surface area contributed by atoms with Gasteiger partial charge in [-0.2, -0.15) is 13.2 Å². The number of alkyl halides is 3. The number of hydrogen-bond donors (Lipinski definition) is 0. The first-order valence-electron chi connectivity index (χ1n) is 5.06. The molecule has 0 saturated heterocycles. The minimum atomic E-state index is -4.69. The van der Waals surface area contributed by atoms with Gasteiger partial charge in [0, 0.05) is 4.91 Å². The lowest BCUT2D eigenvalue weighted by Gasteiger charge is -2.14. The van der Waals surface area contributed by atoms with Crippen LogP contribution in [0.2, 0.25) is 5.02 Å². The smallest absolute Gasteiger partial charge is 0.422 e. The van der Waals surface area contributed by atoms with Crippen molar-refractivity contribution in [3.05, 3.63) is 21.3 Å². The minimum Gasteiger partial charge on any atom is -0.479 e. The second-order valence-corrected chi connectivity index (χ2v) is 3.60. The Balaban J connectivity index is 3.28. The second kappa shape index (κ2) is 6.49. The predicted molar refractivity (Wildman–Crippen MR) is 60.7 cm³/mol. The Kier molecular flexibility index (Phi) is 5.23. The van der Waals surface area contributed by atoms with Crippen molar-refractivity contribution in [1.82, 2.24) is 4.98 Å². The van der Waals surface area contributed by atoms with Crippen LogP contribution in [0.15, 0.2) is 5.11 Å². The van der Waals surface area contributed by atoms with Gasteiger partial charge in [0.1, 0.15) is 5.02 Å². The van der Waals surface area contributed by atoms with Crippen LogP contribution in [0.3, 0.4) is 0 Å². The summed E-state index contributed by atoms with van der Waals surface area (Å²) in [6, 6.07) is 0. The molecule has 0 saturated carbocycles. The maximum absolute atomic E-state index is 13.8. The number of nitrogens with zero attached hydrogens (tertiary/aromatic N) is 4. The fraction of sp³-hybridized carbons (Fsp3) is 0.444. The zero-order chi connectivity index (χ0) is 15.3. The molecule has 0 aliphatic heterocycles. The monoisotopic (exact) mass is 314 g/mol. The molecular weight excluding hydrogens is 308 g/mol. The molecule has 0 unspecified atom stereocenters. The molecule has 0 fully saturated rings. The van der Waals surface area contributed by atoms with Gasteiger partial charge in [0.25, 0.3) is 0 Å². The highest BCUT2D eigenvalue weighted by Gasteiger charge is 2.31. The van der Waals surface area contributed by atoms with E-state index in [1.54, 1.807) is 6.92 Å². The third-order valence-electron chi connectivity index (χ3n) is 1.79. The van der Waals surface area contributed by atoms with Crippen LogP contribution in [0.1, 0.15) is 6.92 Å². The van der Waals surface area contributed by atoms with E-state index in [0.717, 1.165) is 0 Å². The van der Waals surface area contributed by atoms with Crippen molar-refractivity contribution in [3.63, 3.8) is 0 Å². The molecule has 0 aliphatic rings. The molecule has 0 aromatic carbocycles. The topological polar surface area (TPSA) is 80.1 Å². The van der Waals surface area contributed by atoms with Gasteiger partial charge in [0.05, 0.1) is 6.61 Å². The summed E-state index contributed by atoms with van der Waals surface area (Å²) in [6.07, 6.45) is -4.69. The summed E-state index contributed by atoms with van der Waals surface area (Å²) in [5, 5.41) is 2.31. The van der Waals surface area contributed by atoms with Crippen molar-refractivity contribution in [2.45, 2.75) is 13.1 Å². The van der Waals surface area contributed by atoms with E-state index in [2.05, 4.69) is 19.7 Å². The standard InChI is InChI=1S/C9H7ClF4N4O2/c1-2-19-8-4(10)6(20-3-9(12,13)14)5(11)7(16-8)17-18-15/h2-3H2,1H3. The van der Waals surface area contributed by atoms with Crippen LogP contribution in [0.25, 0.3) is 10.4 Å². The minimum absolute atomic E-state index is 0.0623. The molecule has 6 nitrogen and oxygen atoms in total. The molecule has 0 amide bonds. The van der Waals surface area contributed by atoms with Crippen molar-refractivity contribution in [3.8, 4) is 11.6 Å². The van der Waals surface area contributed by atoms with E-state index in [1.807, 2.05) is 0 Å². The molecule has 0 N–H and O–H groups in total. The van der Waals surface area contributed by atoms with Crippen LogP contribution >= 0.6 is 11.6 Å². The third-order valence-corrected chi connectivity index (χ3v) is 2.12. The van der Waals surface area contributed by atoms with E-state index in [1.165, 1.54) is 0 Å². The molecular formula is C9H7ClF4N4O2. The van der Waals surface area contributed by atoms with Gasteiger partial charge in [-0.05, 0) is 17.6 Å². The highest BCUT2D eigenvalue weighted by molar-refractivity contribution is 6.33. The van der Waals surface area contributed by atoms with Gasteiger partial charge in [-0.15, -0.1) is 0 Å². The van der Waals surface area contributed by atoms with Gasteiger partial charge < -0.3 is 9.47 Å². The first-order valence-corrected chi connectivity index (χ1v) is 5.44. The lowest BCUT2D eigenvalue weighted by Crippen LogP contribution is -2.20. The van der Waals surface area contributed by atoms with Gasteiger partial charge in [0.15, 0.2) is 24.0 Å². The maximum atomic E-state index is 13.8. The van der Waals surface area contributed by atoms with Crippen LogP contribution in [0.4, 0.5) is 23.4 Å². The number of pyridine rings is 1. The number of halogens is 5. The Labute approximate surface area is 114 Å². The normalized spacial score (nSPS) is 10.9. The first kappa shape index (κ1) is 16.1. The zero-order valence-corrected chi connectivity index (χ0v) is 10.7. The van der Waals surface area contributed by atoms with Crippen LogP contribution in [-0.2, 0) is 0 Å². The van der Waals surface area contributed by atoms with Crippen molar-refractivity contribution in [1.29, 1.82) is 0 Å². The molecule has 11 heteroatoms. The van der Waals surface area contributed by atoms with Crippen LogP contribution < -0.4 is 9.47 Å². The van der Waals surface area contributed by atoms with E-state index in [9.17, 15) is 17.6 Å². The van der Waals surface area contributed by atoms with E-state index in [4.69, 9.17) is 21.9 Å². The first-order chi connectivity index (χ1) is 9.30. The molecule has 1 aromatic rings. The summed E-state index contributed by atoms with van der Waals surface area (Å²) in [5.74, 6) is -3.56. The fourth-order valence-electron chi connectivity index (χ4n) is 1.11. The summed E-state index contributed by atoms with van der Waals surface area (Å²) < 4.78 is 59.2. The molecule has 1 heterocycles. The van der Waals surface area contributed by atoms with E-state index < -0.39 is 41.1 Å². The molecule has 110 valence electrons. The van der Waals surface area contributed by atoms with Crippen molar-refractivity contribution < 1.29 is 27.0 Å². The third kappa shape index (κ3) is 4.04. The quantitative estimate of drug-likeness (QED) is 0.354. The summed E-state index contributed by atoms with van der Waals surface area (Å²) >= 11 is 5.64. The Morgan fingerprint density at radius 3 is 2.55 bits per heavy atom. The largest absolute Gasteiger partial charge is 0.479 e. The van der Waals surface area contributed by atoms with Crippen molar-refractivity contribution >= 4 is 17.4 Å². The molecule has 0 spiro atoms. The Morgan fingerprint density at radius 2 is 2.05 bits per heavy atom. The molecule has 0 atom stereocenters. The zero-order valence-electron chi connectivity index (χ0n) is 9.91. The highest BCUT2D eigenvalue weighted by Crippen LogP contribution is 2.39. The molecule has 1 aromatic heterocycles. The van der Waals surface area contributed by atoms with Crippen LogP contribution in [0, 0.1) is 5.82 Å². The molecule has 1 rings (SSSR count). The van der Waals surface area contributed by atoms with Crippen LogP contribution in [-0.4, -0.2) is 24.4 Å². The van der Waals surface area contributed by atoms with Gasteiger partial charge >= 0.3 is 6.18 Å². The molecule has 20 heavy (non-hydrogen) atoms. The number of rotatable bonds is 5. The molecule has 0 bridgehead atoms. The van der Waals surface area contributed by atoms with Gasteiger partial charge in [-0.3, -0.25) is 0 Å². The lowest BCUT2D eigenvalue weighted by molar-refractivity contribution is -0.153. The summed E-state index contributed by atoms with van der Waals surface area (Å²) in [5.41, 5.74) is 8.24. The predicted octanol–water partition coefficient (Wildman–Crippen LogP) is 4.16. The Bertz CT molecular complexity index is 546. The van der Waals surface area contributed by atoms with Crippen molar-refractivity contribution in [2.24, 2.45) is 5.11 Å². The van der Waals surface area contributed by atoms with Crippen molar-refractivity contribution in [2.75, 3.05) is 13.2 Å². The van der Waals surface area contributed by atoms with E-state index in [0.29, 0.717) is 0 Å². The number of aromatic nitrogens is 1. The highest BCUT2D eigenvalue weighted by atomic mass is 35.5. The second-order valence-electron chi connectivity index (χ2n) is 3.22. The average molecular weight is 315 g/mol.